The number of rotatable bonds is 11. The van der Waals surface area contributed by atoms with Crippen molar-refractivity contribution in [2.75, 3.05) is 11.9 Å². The molecule has 1 aliphatic heterocycles. The fraction of sp³-hybridized carbons (Fsp3) is 0.0976. The number of nitrogens with zero attached hydrogens (tertiary/aromatic N) is 2. The van der Waals surface area contributed by atoms with Crippen LogP contribution in [0.3, 0.4) is 0 Å². The molecule has 1 aromatic heterocycles. The molecule has 49 heavy (non-hydrogen) atoms. The van der Waals surface area contributed by atoms with Crippen molar-refractivity contribution in [2.24, 2.45) is 7.05 Å². The first-order chi connectivity index (χ1) is 23.7. The summed E-state index contributed by atoms with van der Waals surface area (Å²) in [6, 6.07) is 27.4. The Balaban J connectivity index is 1.15. The Hall–Kier alpha value is -6.41. The first-order valence-electron chi connectivity index (χ1n) is 15.7. The molecule has 2 heterocycles. The van der Waals surface area contributed by atoms with E-state index in [-0.39, 0.29) is 11.1 Å². The zero-order chi connectivity index (χ0) is 34.3. The third-order valence-electron chi connectivity index (χ3n) is 8.26. The van der Waals surface area contributed by atoms with Crippen molar-refractivity contribution in [3.8, 4) is 11.5 Å². The van der Waals surface area contributed by atoms with Crippen molar-refractivity contribution < 1.29 is 33.8 Å². The Kier molecular flexibility index (Phi) is 9.67. The van der Waals surface area contributed by atoms with Crippen molar-refractivity contribution in [2.45, 2.75) is 13.2 Å². The lowest BCUT2D eigenvalue weighted by atomic mass is 9.99. The molecule has 0 atom stereocenters. The standard InChI is InChI=1S/C41H34N2O6/c1-42-22-20-30(36-24-34(16-18-38(36)42)48-26-28-8-12-32(13-9-28)40(44)45)6-4-3-5-7-31-21-23-43(2)39-19-17-35(25-37(31)39)49-27-29-10-14-33(15-11-29)41(46)47/h3-25H,26-27H2,1-2H3,(H-,44,45,46,47)/p+1. The quantitative estimate of drug-likeness (QED) is 0.111. The molecule has 0 bridgehead atoms. The summed E-state index contributed by atoms with van der Waals surface area (Å²) in [5, 5.41) is 19.3. The van der Waals surface area contributed by atoms with Crippen molar-refractivity contribution in [1.29, 1.82) is 0 Å². The monoisotopic (exact) mass is 651 g/mol. The minimum Gasteiger partial charge on any atom is -0.489 e. The molecule has 0 radical (unpaired) electrons. The van der Waals surface area contributed by atoms with Crippen molar-refractivity contribution >= 4 is 40.2 Å². The number of aromatic nitrogens is 1. The number of carboxylic acids is 2. The Labute approximate surface area is 284 Å². The number of benzene rings is 4. The van der Waals surface area contributed by atoms with E-state index in [1.54, 1.807) is 48.5 Å². The van der Waals surface area contributed by atoms with Gasteiger partial charge in [-0.2, -0.15) is 0 Å². The summed E-state index contributed by atoms with van der Waals surface area (Å²) in [5.74, 6) is -0.454. The maximum absolute atomic E-state index is 11.1. The van der Waals surface area contributed by atoms with Gasteiger partial charge in [0.2, 0.25) is 5.52 Å². The molecule has 0 fully saturated rings. The van der Waals surface area contributed by atoms with Crippen LogP contribution in [0.25, 0.3) is 22.6 Å². The molecular formula is C41H35N2O6+. The first-order valence-corrected chi connectivity index (χ1v) is 15.7. The van der Waals surface area contributed by atoms with Crippen LogP contribution in [0.5, 0.6) is 11.5 Å². The largest absolute Gasteiger partial charge is 0.489 e. The molecular weight excluding hydrogens is 616 g/mol. The number of aromatic carboxylic acids is 2. The van der Waals surface area contributed by atoms with Crippen LogP contribution < -0.4 is 18.9 Å². The third kappa shape index (κ3) is 7.77. The highest BCUT2D eigenvalue weighted by atomic mass is 16.5. The van der Waals surface area contributed by atoms with Gasteiger partial charge in [-0.1, -0.05) is 54.6 Å². The number of ether oxygens (including phenoxy) is 2. The number of carboxylic acid groups (broad SMARTS) is 2. The maximum Gasteiger partial charge on any atom is 0.335 e. The fourth-order valence-electron chi connectivity index (χ4n) is 5.51. The van der Waals surface area contributed by atoms with Crippen LogP contribution in [-0.2, 0) is 20.3 Å². The van der Waals surface area contributed by atoms with Gasteiger partial charge in [0.1, 0.15) is 31.8 Å². The van der Waals surface area contributed by atoms with E-state index in [1.807, 2.05) is 81.1 Å². The molecule has 244 valence electrons. The van der Waals surface area contributed by atoms with Gasteiger partial charge in [0, 0.05) is 36.6 Å². The first kappa shape index (κ1) is 32.5. The smallest absolute Gasteiger partial charge is 0.335 e. The molecule has 2 N–H and O–H groups in total. The second kappa shape index (κ2) is 14.6. The lowest BCUT2D eigenvalue weighted by Gasteiger charge is -2.24. The zero-order valence-corrected chi connectivity index (χ0v) is 27.1. The molecule has 5 aromatic rings. The summed E-state index contributed by atoms with van der Waals surface area (Å²) in [5.41, 5.74) is 7.54. The molecule has 1 aliphatic rings. The second-order valence-corrected chi connectivity index (χ2v) is 11.6. The highest BCUT2D eigenvalue weighted by Crippen LogP contribution is 2.35. The maximum atomic E-state index is 11.1. The van der Waals surface area contributed by atoms with Crippen LogP contribution in [0.1, 0.15) is 43.0 Å². The number of aryl methyl sites for hydroxylation is 1. The van der Waals surface area contributed by atoms with E-state index in [0.717, 1.165) is 55.9 Å². The molecule has 6 rings (SSSR count). The van der Waals surface area contributed by atoms with Crippen LogP contribution in [0.2, 0.25) is 0 Å². The lowest BCUT2D eigenvalue weighted by molar-refractivity contribution is -0.644. The molecule has 4 aromatic carbocycles. The Morgan fingerprint density at radius 2 is 1.37 bits per heavy atom. The average Bonchev–Trinajstić information content (AvgIpc) is 3.11. The number of pyridine rings is 1. The number of fused-ring (bicyclic) bond motifs is 2. The van der Waals surface area contributed by atoms with E-state index in [4.69, 9.17) is 19.7 Å². The Morgan fingerprint density at radius 3 is 2.00 bits per heavy atom. The van der Waals surface area contributed by atoms with Gasteiger partial charge in [-0.25, -0.2) is 14.2 Å². The molecule has 8 nitrogen and oxygen atoms in total. The number of anilines is 1. The summed E-state index contributed by atoms with van der Waals surface area (Å²) in [7, 11) is 4.02. The van der Waals surface area contributed by atoms with E-state index in [9.17, 15) is 9.59 Å². The Morgan fingerprint density at radius 1 is 0.755 bits per heavy atom. The van der Waals surface area contributed by atoms with E-state index >= 15 is 0 Å². The van der Waals surface area contributed by atoms with Gasteiger partial charge >= 0.3 is 11.9 Å². The van der Waals surface area contributed by atoms with Crippen LogP contribution >= 0.6 is 0 Å². The fourth-order valence-corrected chi connectivity index (χ4v) is 5.51. The van der Waals surface area contributed by atoms with Gasteiger partial charge in [-0.3, -0.25) is 0 Å². The van der Waals surface area contributed by atoms with Crippen LogP contribution in [0, 0.1) is 0 Å². The van der Waals surface area contributed by atoms with Crippen LogP contribution in [0.4, 0.5) is 5.69 Å². The van der Waals surface area contributed by atoms with E-state index < -0.39 is 11.9 Å². The van der Waals surface area contributed by atoms with Gasteiger partial charge < -0.3 is 24.6 Å². The predicted molar refractivity (Wildman–Crippen MR) is 191 cm³/mol. The highest BCUT2D eigenvalue weighted by Gasteiger charge is 2.15. The summed E-state index contributed by atoms with van der Waals surface area (Å²) in [4.78, 5) is 24.3. The molecule has 0 amide bonds. The van der Waals surface area contributed by atoms with E-state index in [1.165, 1.54) is 0 Å². The van der Waals surface area contributed by atoms with Crippen molar-refractivity contribution in [3.05, 3.63) is 167 Å². The number of carbonyl (C=O) groups is 2. The summed E-state index contributed by atoms with van der Waals surface area (Å²) >= 11 is 0. The molecule has 0 aliphatic carbocycles. The normalized spacial score (nSPS) is 13.3. The molecule has 0 saturated carbocycles. The Bertz CT molecular complexity index is 2140. The van der Waals surface area contributed by atoms with Crippen LogP contribution in [-0.4, -0.2) is 29.2 Å². The van der Waals surface area contributed by atoms with Gasteiger partial charge in [-0.15, -0.1) is 0 Å². The summed E-state index contributed by atoms with van der Waals surface area (Å²) in [6.45, 7) is 0.659. The molecule has 0 unspecified atom stereocenters. The minimum atomic E-state index is -0.952. The number of hydrogen-bond donors (Lipinski definition) is 2. The van der Waals surface area contributed by atoms with Gasteiger partial charge in [-0.05, 0) is 82.9 Å². The second-order valence-electron chi connectivity index (χ2n) is 11.6. The molecule has 8 heteroatoms. The van der Waals surface area contributed by atoms with E-state index in [0.29, 0.717) is 13.2 Å². The van der Waals surface area contributed by atoms with Gasteiger partial charge in [0.15, 0.2) is 6.20 Å². The van der Waals surface area contributed by atoms with Crippen molar-refractivity contribution in [1.82, 2.24) is 0 Å². The van der Waals surface area contributed by atoms with Crippen LogP contribution in [0.15, 0.2) is 134 Å². The SMILES string of the molecule is CN1C=CC(=CC=CC=Cc2cc[n+](C)c3ccc(OCc4ccc(C(=O)O)cc4)cc23)c2cc(OCc3ccc(C(=O)O)cc3)ccc21. The molecule has 0 saturated heterocycles. The third-order valence-corrected chi connectivity index (χ3v) is 8.26. The minimum absolute atomic E-state index is 0.246. The summed E-state index contributed by atoms with van der Waals surface area (Å²) in [6.07, 6.45) is 16.3. The van der Waals surface area contributed by atoms with Gasteiger partial charge in [0.05, 0.1) is 16.5 Å². The zero-order valence-electron chi connectivity index (χ0n) is 27.1. The van der Waals surface area contributed by atoms with Crippen molar-refractivity contribution in [3.63, 3.8) is 0 Å². The predicted octanol–water partition coefficient (Wildman–Crippen LogP) is 7.84. The number of allylic oxidation sites excluding steroid dienone is 6. The topological polar surface area (TPSA) is 100 Å². The highest BCUT2D eigenvalue weighted by molar-refractivity contribution is 5.89. The molecule has 0 spiro atoms. The van der Waals surface area contributed by atoms with E-state index in [2.05, 4.69) is 33.8 Å². The lowest BCUT2D eigenvalue weighted by Crippen LogP contribution is -2.28. The summed E-state index contributed by atoms with van der Waals surface area (Å²) < 4.78 is 14.2. The average molecular weight is 652 g/mol. The number of hydrogen-bond acceptors (Lipinski definition) is 5. The van der Waals surface area contributed by atoms with Gasteiger partial charge in [0.25, 0.3) is 0 Å².